The number of halogens is 2. The molecule has 5 N–H and O–H groups in total. The average Bonchev–Trinajstić information content (AvgIpc) is 2.82. The highest BCUT2D eigenvalue weighted by atomic mass is 35.5. The highest BCUT2D eigenvalue weighted by Gasteiger charge is 2.23. The summed E-state index contributed by atoms with van der Waals surface area (Å²) in [4.78, 5) is 7.00. The number of benzene rings is 1. The topological polar surface area (TPSA) is 107 Å². The molecule has 0 fully saturated rings. The molecule has 8 nitrogen and oxygen atoms in total. The third kappa shape index (κ3) is 12.6. The fourth-order valence-electron chi connectivity index (χ4n) is 3.49. The van der Waals surface area contributed by atoms with E-state index >= 15 is 0 Å². The van der Waals surface area contributed by atoms with Crippen LogP contribution in [0.1, 0.15) is 17.0 Å². The normalized spacial score (nSPS) is 16.0. The first-order valence-electron chi connectivity index (χ1n) is 11.7. The molecule has 0 radical (unpaired) electrons. The summed E-state index contributed by atoms with van der Waals surface area (Å²) in [5.74, 6) is 0.309. The van der Waals surface area contributed by atoms with Gasteiger partial charge in [0.2, 0.25) is 0 Å². The van der Waals surface area contributed by atoms with Crippen LogP contribution in [-0.4, -0.2) is 77.2 Å². The van der Waals surface area contributed by atoms with Crippen molar-refractivity contribution >= 4 is 41.1 Å². The molecule has 1 aliphatic heterocycles. The minimum atomic E-state index is 0.0700. The van der Waals surface area contributed by atoms with Crippen molar-refractivity contribution in [1.82, 2.24) is 9.62 Å². The lowest BCUT2D eigenvalue weighted by atomic mass is 9.89. The fourth-order valence-corrected chi connectivity index (χ4v) is 4.57. The number of nitrogens with two attached hydrogens (primary N) is 2. The molecule has 200 valence electrons. The van der Waals surface area contributed by atoms with Crippen LogP contribution >= 0.6 is 35.1 Å². The molecular weight excluding hydrogens is 521 g/mol. The summed E-state index contributed by atoms with van der Waals surface area (Å²) in [6.45, 7) is 10.1. The number of likely N-dealkylation sites (N-methyl/N-ethyl adjacent to an activating group) is 1. The lowest BCUT2D eigenvalue weighted by molar-refractivity contribution is 0.0172. The smallest absolute Gasteiger partial charge is 0.185 e. The summed E-state index contributed by atoms with van der Waals surface area (Å²) in [6.07, 6.45) is 8.20. The van der Waals surface area contributed by atoms with Crippen LogP contribution in [0.5, 0.6) is 0 Å². The minimum Gasteiger partial charge on any atom is -0.378 e. The first kappa shape index (κ1) is 30.7. The largest absolute Gasteiger partial charge is 0.378 e. The van der Waals surface area contributed by atoms with Crippen molar-refractivity contribution in [3.63, 3.8) is 0 Å². The van der Waals surface area contributed by atoms with Crippen molar-refractivity contribution in [2.75, 3.05) is 66.3 Å². The summed E-state index contributed by atoms with van der Waals surface area (Å²) >= 11 is 14.1. The van der Waals surface area contributed by atoms with Crippen LogP contribution in [-0.2, 0) is 20.8 Å². The van der Waals surface area contributed by atoms with Gasteiger partial charge in [0.15, 0.2) is 5.96 Å². The number of fused-ring (bicyclic) bond motifs is 1. The summed E-state index contributed by atoms with van der Waals surface area (Å²) in [5, 5.41) is 1.40. The first-order chi connectivity index (χ1) is 17.4. The molecule has 0 saturated heterocycles. The van der Waals surface area contributed by atoms with Crippen LogP contribution in [0.25, 0.3) is 0 Å². The summed E-state index contributed by atoms with van der Waals surface area (Å²) in [5.41, 5.74) is 12.8. The van der Waals surface area contributed by atoms with Crippen molar-refractivity contribution in [2.24, 2.45) is 16.5 Å². The first-order valence-corrected chi connectivity index (χ1v) is 13.3. The fraction of sp³-hybridized carbons (Fsp3) is 0.480. The molecule has 11 heteroatoms. The number of ether oxygens (including phenoxy) is 3. The third-order valence-corrected chi connectivity index (χ3v) is 6.40. The van der Waals surface area contributed by atoms with Gasteiger partial charge in [0, 0.05) is 40.5 Å². The monoisotopic (exact) mass is 557 g/mol. The maximum absolute atomic E-state index is 6.42. The molecule has 0 bridgehead atoms. The Morgan fingerprint density at radius 2 is 1.83 bits per heavy atom. The average molecular weight is 559 g/mol. The zero-order chi connectivity index (χ0) is 26.2. The van der Waals surface area contributed by atoms with Gasteiger partial charge in [-0.25, -0.2) is 0 Å². The molecule has 1 aromatic carbocycles. The van der Waals surface area contributed by atoms with Crippen molar-refractivity contribution < 1.29 is 14.2 Å². The number of allylic oxidation sites excluding steroid dienone is 3. The predicted molar refractivity (Wildman–Crippen MR) is 152 cm³/mol. The van der Waals surface area contributed by atoms with Crippen LogP contribution in [0.3, 0.4) is 0 Å². The van der Waals surface area contributed by atoms with E-state index in [1.807, 2.05) is 30.4 Å². The lowest BCUT2D eigenvalue weighted by Gasteiger charge is -2.31. The van der Waals surface area contributed by atoms with Crippen LogP contribution in [0, 0.1) is 0 Å². The van der Waals surface area contributed by atoms with E-state index in [0.717, 1.165) is 28.6 Å². The summed E-state index contributed by atoms with van der Waals surface area (Å²) in [6, 6.07) is 3.83. The third-order valence-electron chi connectivity index (χ3n) is 5.09. The SMILES string of the molecule is C=C(/C=C\C=C\C1CN(C)Cc2c(Cl)cc(Cl)cc21)SNCCOCCOCCOCCN=C(N)N. The van der Waals surface area contributed by atoms with Gasteiger partial charge in [0.25, 0.3) is 0 Å². The highest BCUT2D eigenvalue weighted by Crippen LogP contribution is 2.35. The van der Waals surface area contributed by atoms with E-state index in [2.05, 4.69) is 34.3 Å². The number of hydrogen-bond acceptors (Lipinski definition) is 7. The van der Waals surface area contributed by atoms with E-state index in [-0.39, 0.29) is 11.9 Å². The van der Waals surface area contributed by atoms with E-state index in [9.17, 15) is 0 Å². The van der Waals surface area contributed by atoms with E-state index in [4.69, 9.17) is 48.9 Å². The maximum Gasteiger partial charge on any atom is 0.185 e. The highest BCUT2D eigenvalue weighted by molar-refractivity contribution is 8.01. The Labute approximate surface area is 228 Å². The Morgan fingerprint density at radius 1 is 1.14 bits per heavy atom. The van der Waals surface area contributed by atoms with E-state index in [1.54, 1.807) is 0 Å². The van der Waals surface area contributed by atoms with Crippen LogP contribution in [0.15, 0.2) is 52.9 Å². The molecule has 1 aromatic rings. The number of aliphatic imine (C=N–C) groups is 1. The molecule has 1 atom stereocenters. The molecule has 0 amide bonds. The Bertz CT molecular complexity index is 910. The molecule has 1 aliphatic rings. The second-order valence-corrected chi connectivity index (χ2v) is 9.97. The number of guanidine groups is 1. The Balaban J connectivity index is 1.52. The number of rotatable bonds is 17. The van der Waals surface area contributed by atoms with Gasteiger partial charge in [0.05, 0.1) is 46.2 Å². The molecule has 0 spiro atoms. The van der Waals surface area contributed by atoms with E-state index < -0.39 is 0 Å². The van der Waals surface area contributed by atoms with Gasteiger partial charge in [-0.1, -0.05) is 48.0 Å². The van der Waals surface area contributed by atoms with Crippen LogP contribution in [0.2, 0.25) is 10.0 Å². The zero-order valence-electron chi connectivity index (χ0n) is 20.8. The van der Waals surface area contributed by atoms with Crippen LogP contribution < -0.4 is 16.2 Å². The summed E-state index contributed by atoms with van der Waals surface area (Å²) in [7, 11) is 2.10. The Kier molecular flexibility index (Phi) is 15.2. The lowest BCUT2D eigenvalue weighted by Crippen LogP contribution is -2.29. The maximum atomic E-state index is 6.42. The second kappa shape index (κ2) is 17.8. The molecule has 0 aliphatic carbocycles. The van der Waals surface area contributed by atoms with Gasteiger partial charge in [-0.2, -0.15) is 0 Å². The van der Waals surface area contributed by atoms with Crippen molar-refractivity contribution in [3.8, 4) is 0 Å². The number of hydrogen-bond donors (Lipinski definition) is 3. The Hall–Kier alpha value is -1.56. The minimum absolute atomic E-state index is 0.0700. The van der Waals surface area contributed by atoms with E-state index in [0.29, 0.717) is 57.8 Å². The quantitative estimate of drug-likeness (QED) is 0.0874. The van der Waals surface area contributed by atoms with Crippen molar-refractivity contribution in [2.45, 2.75) is 12.5 Å². The second-order valence-electron chi connectivity index (χ2n) is 8.11. The van der Waals surface area contributed by atoms with Gasteiger partial charge in [-0.3, -0.25) is 9.71 Å². The molecular formula is C25H37Cl2N5O3S. The predicted octanol–water partition coefficient (Wildman–Crippen LogP) is 3.71. The molecule has 36 heavy (non-hydrogen) atoms. The molecule has 2 rings (SSSR count). The molecule has 1 heterocycles. The molecule has 0 aromatic heterocycles. The molecule has 1 unspecified atom stereocenters. The number of nitrogens with one attached hydrogen (secondary N) is 1. The van der Waals surface area contributed by atoms with Gasteiger partial charge in [0.1, 0.15) is 0 Å². The van der Waals surface area contributed by atoms with Crippen LogP contribution in [0.4, 0.5) is 0 Å². The Morgan fingerprint density at radius 3 is 2.56 bits per heavy atom. The zero-order valence-corrected chi connectivity index (χ0v) is 23.1. The van der Waals surface area contributed by atoms with Gasteiger partial charge >= 0.3 is 0 Å². The van der Waals surface area contributed by atoms with Gasteiger partial charge in [-0.15, -0.1) is 0 Å². The number of nitrogens with zero attached hydrogens (tertiary/aromatic N) is 2. The van der Waals surface area contributed by atoms with Crippen molar-refractivity contribution in [3.05, 3.63) is 69.1 Å². The standard InChI is InChI=1S/C25H37Cl2N5O3S/c1-19(36-31-8-10-34-12-14-35-13-11-33-9-7-30-25(28)29)5-3-4-6-20-17-32(2)18-23-22(20)15-21(26)16-24(23)27/h3-6,15-16,20,31H,1,7-14,17-18H2,2H3,(H4,28,29,30)/b5-3-,6-4+. The summed E-state index contributed by atoms with van der Waals surface area (Å²) < 4.78 is 19.5. The van der Waals surface area contributed by atoms with Crippen molar-refractivity contribution in [1.29, 1.82) is 0 Å². The van der Waals surface area contributed by atoms with E-state index in [1.165, 1.54) is 17.5 Å². The molecule has 0 saturated carbocycles. The van der Waals surface area contributed by atoms with Gasteiger partial charge < -0.3 is 30.6 Å². The van der Waals surface area contributed by atoms with Gasteiger partial charge in [-0.05, 0) is 48.3 Å².